The van der Waals surface area contributed by atoms with Gasteiger partial charge in [-0.05, 0) is 31.0 Å². The molecule has 1 unspecified atom stereocenters. The maximum Gasteiger partial charge on any atom is 0.262 e. The van der Waals surface area contributed by atoms with E-state index in [1.165, 1.54) is 0 Å². The molecule has 0 spiro atoms. The molecule has 3 aliphatic rings. The van der Waals surface area contributed by atoms with Crippen LogP contribution in [0.25, 0.3) is 0 Å². The molecule has 2 N–H and O–H groups in total. The van der Waals surface area contributed by atoms with Gasteiger partial charge in [-0.3, -0.25) is 14.4 Å². The third-order valence-electron chi connectivity index (χ3n) is 5.11. The SMILES string of the molecule is Cl.O=C1COc2ccc(C(=O)N3CCCC(N4CCNCC4=O)C3)cc2N1. The van der Waals surface area contributed by atoms with Gasteiger partial charge in [0.05, 0.1) is 12.2 Å². The summed E-state index contributed by atoms with van der Waals surface area (Å²) in [6.45, 7) is 3.07. The van der Waals surface area contributed by atoms with E-state index in [2.05, 4.69) is 10.6 Å². The highest BCUT2D eigenvalue weighted by atomic mass is 35.5. The number of nitrogens with one attached hydrogen (secondary N) is 2. The first-order chi connectivity index (χ1) is 12.6. The van der Waals surface area contributed by atoms with Crippen LogP contribution in [0.1, 0.15) is 23.2 Å². The summed E-state index contributed by atoms with van der Waals surface area (Å²) in [5, 5.41) is 5.81. The lowest BCUT2D eigenvalue weighted by Crippen LogP contribution is -2.57. The van der Waals surface area contributed by atoms with Gasteiger partial charge in [0.25, 0.3) is 11.8 Å². The monoisotopic (exact) mass is 394 g/mol. The second-order valence-corrected chi connectivity index (χ2v) is 6.86. The summed E-state index contributed by atoms with van der Waals surface area (Å²) in [6, 6.07) is 5.17. The molecule has 1 aromatic rings. The second kappa shape index (κ2) is 8.14. The number of piperazine rings is 1. The molecule has 0 aliphatic carbocycles. The Hall–Kier alpha value is -2.32. The minimum Gasteiger partial charge on any atom is -0.482 e. The summed E-state index contributed by atoms with van der Waals surface area (Å²) in [5.41, 5.74) is 1.04. The molecule has 27 heavy (non-hydrogen) atoms. The highest BCUT2D eigenvalue weighted by molar-refractivity contribution is 6.00. The number of hydrogen-bond acceptors (Lipinski definition) is 5. The van der Waals surface area contributed by atoms with Crippen LogP contribution in [0.15, 0.2) is 18.2 Å². The topological polar surface area (TPSA) is 91.0 Å². The minimum atomic E-state index is -0.225. The Balaban J connectivity index is 0.00000210. The van der Waals surface area contributed by atoms with Crippen molar-refractivity contribution in [1.29, 1.82) is 0 Å². The molecule has 2 fully saturated rings. The molecule has 1 aromatic carbocycles. The van der Waals surface area contributed by atoms with Crippen molar-refractivity contribution in [3.8, 4) is 5.75 Å². The lowest BCUT2D eigenvalue weighted by Gasteiger charge is -2.41. The standard InChI is InChI=1S/C18H22N4O4.ClH/c23-16-11-26-15-4-3-12(8-14(15)20-16)18(25)21-6-1-2-13(10-21)22-7-5-19-9-17(22)24;/h3-4,8,13,19H,1-2,5-7,9-11H2,(H,20,23);1H. The van der Waals surface area contributed by atoms with Crippen LogP contribution in [0.4, 0.5) is 5.69 Å². The Morgan fingerprint density at radius 1 is 1.22 bits per heavy atom. The molecule has 0 bridgehead atoms. The number of ether oxygens (including phenoxy) is 1. The third kappa shape index (κ3) is 4.01. The number of amides is 3. The fraction of sp³-hybridized carbons (Fsp3) is 0.500. The van der Waals surface area contributed by atoms with E-state index in [1.807, 2.05) is 4.90 Å². The highest BCUT2D eigenvalue weighted by Gasteiger charge is 2.32. The van der Waals surface area contributed by atoms with Crippen LogP contribution in [-0.2, 0) is 9.59 Å². The number of rotatable bonds is 2. The number of halogens is 1. The van der Waals surface area contributed by atoms with Gasteiger partial charge >= 0.3 is 0 Å². The minimum absolute atomic E-state index is 0. The summed E-state index contributed by atoms with van der Waals surface area (Å²) < 4.78 is 5.34. The van der Waals surface area contributed by atoms with Crippen LogP contribution in [0.2, 0.25) is 0 Å². The quantitative estimate of drug-likeness (QED) is 0.761. The Labute approximate surface area is 163 Å². The van der Waals surface area contributed by atoms with Gasteiger partial charge in [0.15, 0.2) is 6.61 Å². The number of carbonyl (C=O) groups is 3. The van der Waals surface area contributed by atoms with Crippen LogP contribution in [0.5, 0.6) is 5.75 Å². The predicted octanol–water partition coefficient (Wildman–Crippen LogP) is 0.476. The molecule has 9 heteroatoms. The van der Waals surface area contributed by atoms with E-state index in [0.29, 0.717) is 43.2 Å². The lowest BCUT2D eigenvalue weighted by atomic mass is 10.0. The van der Waals surface area contributed by atoms with Crippen LogP contribution in [0.3, 0.4) is 0 Å². The van der Waals surface area contributed by atoms with Gasteiger partial charge in [-0.15, -0.1) is 12.4 Å². The van der Waals surface area contributed by atoms with Crippen molar-refractivity contribution >= 4 is 35.8 Å². The third-order valence-corrected chi connectivity index (χ3v) is 5.11. The first-order valence-corrected chi connectivity index (χ1v) is 8.98. The summed E-state index contributed by atoms with van der Waals surface area (Å²) in [5.74, 6) is 0.366. The molecule has 4 rings (SSSR count). The van der Waals surface area contributed by atoms with Gasteiger partial charge in [-0.25, -0.2) is 0 Å². The zero-order valence-corrected chi connectivity index (χ0v) is 15.7. The van der Waals surface area contributed by atoms with Crippen LogP contribution in [0, 0.1) is 0 Å². The average Bonchev–Trinajstić information content (AvgIpc) is 2.67. The fourth-order valence-electron chi connectivity index (χ4n) is 3.80. The molecule has 3 heterocycles. The molecular formula is C18H23ClN4O4. The summed E-state index contributed by atoms with van der Waals surface area (Å²) in [4.78, 5) is 40.3. The normalized spacial score (nSPS) is 22.3. The number of anilines is 1. The number of nitrogens with zero attached hydrogens (tertiary/aromatic N) is 2. The number of likely N-dealkylation sites (tertiary alicyclic amines) is 1. The molecule has 0 radical (unpaired) electrons. The maximum atomic E-state index is 12.9. The van der Waals surface area contributed by atoms with Crippen LogP contribution < -0.4 is 15.4 Å². The molecule has 3 amide bonds. The number of carbonyl (C=O) groups excluding carboxylic acids is 3. The summed E-state index contributed by atoms with van der Waals surface area (Å²) in [7, 11) is 0. The van der Waals surface area contributed by atoms with E-state index >= 15 is 0 Å². The first kappa shape index (κ1) is 19.4. The zero-order valence-electron chi connectivity index (χ0n) is 14.9. The molecule has 8 nitrogen and oxygen atoms in total. The highest BCUT2D eigenvalue weighted by Crippen LogP contribution is 2.29. The van der Waals surface area contributed by atoms with Crippen LogP contribution >= 0.6 is 12.4 Å². The largest absolute Gasteiger partial charge is 0.482 e. The van der Waals surface area contributed by atoms with Crippen molar-refractivity contribution in [3.63, 3.8) is 0 Å². The van der Waals surface area contributed by atoms with Gasteiger partial charge in [0.2, 0.25) is 5.91 Å². The van der Waals surface area contributed by atoms with Crippen molar-refractivity contribution in [3.05, 3.63) is 23.8 Å². The molecular weight excluding hydrogens is 372 g/mol. The zero-order chi connectivity index (χ0) is 18.1. The number of hydrogen-bond donors (Lipinski definition) is 2. The smallest absolute Gasteiger partial charge is 0.262 e. The summed E-state index contributed by atoms with van der Waals surface area (Å²) >= 11 is 0. The van der Waals surface area contributed by atoms with Crippen molar-refractivity contribution in [2.75, 3.05) is 44.6 Å². The van der Waals surface area contributed by atoms with Crippen molar-refractivity contribution in [2.45, 2.75) is 18.9 Å². The van der Waals surface area contributed by atoms with Gasteiger partial charge in [-0.2, -0.15) is 0 Å². The van der Waals surface area contributed by atoms with E-state index in [9.17, 15) is 14.4 Å². The van der Waals surface area contributed by atoms with E-state index in [1.54, 1.807) is 23.1 Å². The van der Waals surface area contributed by atoms with E-state index in [-0.39, 0.29) is 42.8 Å². The van der Waals surface area contributed by atoms with Gasteiger partial charge in [-0.1, -0.05) is 0 Å². The van der Waals surface area contributed by atoms with E-state index < -0.39 is 0 Å². The molecule has 0 aromatic heterocycles. The average molecular weight is 395 g/mol. The predicted molar refractivity (Wildman–Crippen MR) is 101 cm³/mol. The summed E-state index contributed by atoms with van der Waals surface area (Å²) in [6.07, 6.45) is 1.79. The maximum absolute atomic E-state index is 12.9. The molecule has 146 valence electrons. The van der Waals surface area contributed by atoms with Gasteiger partial charge in [0.1, 0.15) is 5.75 Å². The number of piperidine rings is 1. The van der Waals surface area contributed by atoms with E-state index in [0.717, 1.165) is 19.4 Å². The van der Waals surface area contributed by atoms with Gasteiger partial charge < -0.3 is 25.2 Å². The van der Waals surface area contributed by atoms with Crippen molar-refractivity contribution in [1.82, 2.24) is 15.1 Å². The lowest BCUT2D eigenvalue weighted by molar-refractivity contribution is -0.135. The molecule has 3 aliphatic heterocycles. The van der Waals surface area contributed by atoms with Gasteiger partial charge in [0, 0.05) is 37.8 Å². The van der Waals surface area contributed by atoms with E-state index in [4.69, 9.17) is 4.74 Å². The fourth-order valence-corrected chi connectivity index (χ4v) is 3.80. The van der Waals surface area contributed by atoms with Crippen molar-refractivity contribution < 1.29 is 19.1 Å². The Kier molecular flexibility index (Phi) is 5.86. The number of fused-ring (bicyclic) bond motifs is 1. The van der Waals surface area contributed by atoms with Crippen molar-refractivity contribution in [2.24, 2.45) is 0 Å². The molecule has 2 saturated heterocycles. The number of benzene rings is 1. The second-order valence-electron chi connectivity index (χ2n) is 6.86. The van der Waals surface area contributed by atoms with Crippen LogP contribution in [-0.4, -0.2) is 72.9 Å². The Morgan fingerprint density at radius 3 is 2.89 bits per heavy atom. The molecule has 0 saturated carbocycles. The Morgan fingerprint density at radius 2 is 2.07 bits per heavy atom. The Bertz CT molecular complexity index is 757. The molecule has 1 atom stereocenters. The first-order valence-electron chi connectivity index (χ1n) is 8.98.